The Hall–Kier alpha value is -2.37. The second kappa shape index (κ2) is 7.25. The van der Waals surface area contributed by atoms with Crippen LogP contribution in [0.2, 0.25) is 0 Å². The Morgan fingerprint density at radius 3 is 2.64 bits per heavy atom. The second-order valence-electron chi connectivity index (χ2n) is 6.42. The fourth-order valence-corrected chi connectivity index (χ4v) is 3.77. The summed E-state index contributed by atoms with van der Waals surface area (Å²) in [5, 5.41) is 18.1. The first-order valence-electron chi connectivity index (χ1n) is 8.29. The number of carbonyl (C=O) groups is 1. The Morgan fingerprint density at radius 2 is 2.04 bits per heavy atom. The zero-order valence-electron chi connectivity index (χ0n) is 14.0. The van der Waals surface area contributed by atoms with Crippen LogP contribution in [0.4, 0.5) is 0 Å². The minimum Gasteiger partial charge on any atom is -0.317 e. The number of nitrogens with zero attached hydrogens (tertiary/aromatic N) is 3. The lowest BCUT2D eigenvalue weighted by atomic mass is 10.1. The van der Waals surface area contributed by atoms with Gasteiger partial charge < -0.3 is 4.57 Å². The van der Waals surface area contributed by atoms with Crippen LogP contribution >= 0.6 is 15.9 Å². The summed E-state index contributed by atoms with van der Waals surface area (Å²) >= 11 is 3.26. The van der Waals surface area contributed by atoms with Gasteiger partial charge in [0, 0.05) is 35.0 Å². The Bertz CT molecular complexity index is 883. The normalized spacial score (nSPS) is 18.4. The molecular weight excluding hydrogens is 378 g/mol. The third-order valence-electron chi connectivity index (χ3n) is 4.88. The predicted octanol–water partition coefficient (Wildman–Crippen LogP) is 4.64. The maximum Gasteiger partial charge on any atom is 0.175 e. The molecule has 1 aromatic carbocycles. The maximum atomic E-state index is 12.3. The van der Waals surface area contributed by atoms with E-state index < -0.39 is 0 Å². The predicted molar refractivity (Wildman–Crippen MR) is 99.0 cm³/mol. The van der Waals surface area contributed by atoms with Crippen molar-refractivity contribution >= 4 is 21.7 Å². The van der Waals surface area contributed by atoms with E-state index in [0.717, 1.165) is 35.5 Å². The van der Waals surface area contributed by atoms with E-state index in [1.807, 2.05) is 25.1 Å². The molecule has 4 nitrogen and oxygen atoms in total. The van der Waals surface area contributed by atoms with Crippen LogP contribution in [0.1, 0.15) is 52.5 Å². The van der Waals surface area contributed by atoms with E-state index in [-0.39, 0.29) is 5.78 Å². The van der Waals surface area contributed by atoms with Gasteiger partial charge in [0.05, 0.1) is 23.0 Å². The molecule has 126 valence electrons. The summed E-state index contributed by atoms with van der Waals surface area (Å²) in [6, 6.07) is 13.8. The van der Waals surface area contributed by atoms with Crippen molar-refractivity contribution in [2.24, 2.45) is 5.92 Å². The molecule has 0 unspecified atom stereocenters. The molecule has 1 saturated carbocycles. The first kappa shape index (κ1) is 17.5. The summed E-state index contributed by atoms with van der Waals surface area (Å²) < 4.78 is 2.13. The first-order chi connectivity index (χ1) is 12.1. The molecule has 0 spiro atoms. The number of hydrogen-bond acceptors (Lipinski definition) is 3. The molecule has 0 radical (unpaired) electrons. The van der Waals surface area contributed by atoms with Crippen LogP contribution < -0.4 is 0 Å². The van der Waals surface area contributed by atoms with Crippen LogP contribution in [-0.4, -0.2) is 15.7 Å². The number of alkyl halides is 1. The standard InChI is InChI=1S/C20H18BrN3O/c1-13-17(20(25)11-21)10-19(18-9-15(18)3-2-8-22)24(13)16-6-4-14(12-23)5-7-16/h4-7,10,15,18H,2-3,9,11H2,1H3/t15-,18-/m1/s1. The zero-order chi connectivity index (χ0) is 18.0. The second-order valence-corrected chi connectivity index (χ2v) is 6.98. The number of ketones is 1. The number of carbonyl (C=O) groups excluding carboxylic acids is 1. The van der Waals surface area contributed by atoms with Gasteiger partial charge in [0.15, 0.2) is 5.78 Å². The monoisotopic (exact) mass is 395 g/mol. The van der Waals surface area contributed by atoms with E-state index in [2.05, 4.69) is 32.6 Å². The van der Waals surface area contributed by atoms with Gasteiger partial charge in [0.2, 0.25) is 0 Å². The van der Waals surface area contributed by atoms with Gasteiger partial charge in [-0.25, -0.2) is 0 Å². The van der Waals surface area contributed by atoms with Gasteiger partial charge in [-0.1, -0.05) is 15.9 Å². The van der Waals surface area contributed by atoms with Crippen molar-refractivity contribution in [1.29, 1.82) is 10.5 Å². The third-order valence-corrected chi connectivity index (χ3v) is 5.39. The Labute approximate surface area is 155 Å². The fourth-order valence-electron chi connectivity index (χ4n) is 3.46. The van der Waals surface area contributed by atoms with Crippen LogP contribution in [0, 0.1) is 35.5 Å². The van der Waals surface area contributed by atoms with Crippen molar-refractivity contribution in [3.8, 4) is 17.8 Å². The summed E-state index contributed by atoms with van der Waals surface area (Å²) in [5.74, 6) is 0.970. The largest absolute Gasteiger partial charge is 0.317 e. The zero-order valence-corrected chi connectivity index (χ0v) is 15.6. The molecule has 25 heavy (non-hydrogen) atoms. The molecule has 0 saturated heterocycles. The number of Topliss-reactive ketones (excluding diaryl/α,β-unsaturated/α-hetero) is 1. The van der Waals surface area contributed by atoms with Crippen LogP contribution in [0.15, 0.2) is 30.3 Å². The van der Waals surface area contributed by atoms with Gasteiger partial charge in [0.1, 0.15) is 0 Å². The molecule has 0 N–H and O–H groups in total. The van der Waals surface area contributed by atoms with Gasteiger partial charge in [-0.05, 0) is 56.0 Å². The number of nitriles is 2. The van der Waals surface area contributed by atoms with Crippen molar-refractivity contribution in [1.82, 2.24) is 4.57 Å². The minimum atomic E-state index is 0.0698. The van der Waals surface area contributed by atoms with Crippen molar-refractivity contribution in [3.05, 3.63) is 52.8 Å². The average molecular weight is 396 g/mol. The van der Waals surface area contributed by atoms with Crippen LogP contribution in [-0.2, 0) is 0 Å². The lowest BCUT2D eigenvalue weighted by Crippen LogP contribution is -2.05. The van der Waals surface area contributed by atoms with Crippen LogP contribution in [0.3, 0.4) is 0 Å². The smallest absolute Gasteiger partial charge is 0.175 e. The maximum absolute atomic E-state index is 12.3. The lowest BCUT2D eigenvalue weighted by Gasteiger charge is -2.12. The van der Waals surface area contributed by atoms with E-state index in [4.69, 9.17) is 10.5 Å². The van der Waals surface area contributed by atoms with Crippen LogP contribution in [0.5, 0.6) is 0 Å². The molecular formula is C20H18BrN3O. The quantitative estimate of drug-likeness (QED) is 0.528. The third kappa shape index (κ3) is 3.38. The molecule has 1 aliphatic carbocycles. The number of hydrogen-bond donors (Lipinski definition) is 0. The van der Waals surface area contributed by atoms with E-state index in [1.165, 1.54) is 0 Å². The average Bonchev–Trinajstić information content (AvgIpc) is 3.34. The van der Waals surface area contributed by atoms with Gasteiger partial charge >= 0.3 is 0 Å². The summed E-state index contributed by atoms with van der Waals surface area (Å²) in [7, 11) is 0. The molecule has 0 bridgehead atoms. The fraction of sp³-hybridized carbons (Fsp3) is 0.350. The van der Waals surface area contributed by atoms with Gasteiger partial charge in [0.25, 0.3) is 0 Å². The van der Waals surface area contributed by atoms with Gasteiger partial charge in [-0.15, -0.1) is 0 Å². The van der Waals surface area contributed by atoms with E-state index in [9.17, 15) is 4.79 Å². The van der Waals surface area contributed by atoms with Gasteiger partial charge in [-0.2, -0.15) is 10.5 Å². The Balaban J connectivity index is 2.03. The molecule has 3 rings (SSSR count). The number of aromatic nitrogens is 1. The summed E-state index contributed by atoms with van der Waals surface area (Å²) in [6.45, 7) is 1.96. The summed E-state index contributed by atoms with van der Waals surface area (Å²) in [6.07, 6.45) is 2.54. The Kier molecular flexibility index (Phi) is 5.06. The van der Waals surface area contributed by atoms with E-state index >= 15 is 0 Å². The molecule has 0 amide bonds. The molecule has 1 fully saturated rings. The van der Waals surface area contributed by atoms with E-state index in [0.29, 0.717) is 29.2 Å². The van der Waals surface area contributed by atoms with Crippen molar-refractivity contribution < 1.29 is 4.79 Å². The molecule has 2 aromatic rings. The van der Waals surface area contributed by atoms with Crippen molar-refractivity contribution in [2.75, 3.05) is 5.33 Å². The first-order valence-corrected chi connectivity index (χ1v) is 9.41. The lowest BCUT2D eigenvalue weighted by molar-refractivity contribution is 0.102. The highest BCUT2D eigenvalue weighted by Gasteiger charge is 2.40. The van der Waals surface area contributed by atoms with Crippen molar-refractivity contribution in [3.63, 3.8) is 0 Å². The minimum absolute atomic E-state index is 0.0698. The van der Waals surface area contributed by atoms with Crippen molar-refractivity contribution in [2.45, 2.75) is 32.1 Å². The number of halogens is 1. The Morgan fingerprint density at radius 1 is 1.32 bits per heavy atom. The highest BCUT2D eigenvalue weighted by atomic mass is 79.9. The molecule has 2 atom stereocenters. The molecule has 1 heterocycles. The topological polar surface area (TPSA) is 69.6 Å². The molecule has 1 aromatic heterocycles. The van der Waals surface area contributed by atoms with E-state index in [1.54, 1.807) is 12.1 Å². The number of rotatable bonds is 6. The highest BCUT2D eigenvalue weighted by Crippen LogP contribution is 2.51. The van der Waals surface area contributed by atoms with Gasteiger partial charge in [-0.3, -0.25) is 4.79 Å². The van der Waals surface area contributed by atoms with Crippen LogP contribution in [0.25, 0.3) is 5.69 Å². The number of benzene rings is 1. The summed E-state index contributed by atoms with van der Waals surface area (Å²) in [5.41, 5.74) is 4.38. The molecule has 1 aliphatic rings. The molecule has 0 aliphatic heterocycles. The highest BCUT2D eigenvalue weighted by molar-refractivity contribution is 9.09. The molecule has 5 heteroatoms. The SMILES string of the molecule is Cc1c(C(=O)CBr)cc([C@@H]2C[C@H]2CCC#N)n1-c1ccc(C#N)cc1. The summed E-state index contributed by atoms with van der Waals surface area (Å²) in [4.78, 5) is 12.3.